The highest BCUT2D eigenvalue weighted by Gasteiger charge is 2.17. The van der Waals surface area contributed by atoms with Crippen molar-refractivity contribution in [3.8, 4) is 11.1 Å². The molecule has 0 atom stereocenters. The highest BCUT2D eigenvalue weighted by molar-refractivity contribution is 6.29. The molecule has 1 aromatic carbocycles. The van der Waals surface area contributed by atoms with E-state index in [0.29, 0.717) is 18.0 Å². The second kappa shape index (κ2) is 13.4. The van der Waals surface area contributed by atoms with Crippen LogP contribution in [-0.2, 0) is 6.42 Å². The normalized spacial score (nSPS) is 13.0. The number of nitrogens with two attached hydrogens (primary N) is 2. The van der Waals surface area contributed by atoms with Crippen LogP contribution in [0.2, 0.25) is 0 Å². The number of pyridine rings is 1. The van der Waals surface area contributed by atoms with Gasteiger partial charge in [-0.2, -0.15) is 0 Å². The number of benzene rings is 1. The second-order valence-electron chi connectivity index (χ2n) is 9.11. The van der Waals surface area contributed by atoms with E-state index in [1.807, 2.05) is 43.6 Å². The number of hydrogen-bond donors (Lipinski definition) is 3. The minimum atomic E-state index is 0.343. The number of amidine groups is 1. The fourth-order valence-electron chi connectivity index (χ4n) is 4.25. The molecule has 3 aromatic rings. The van der Waals surface area contributed by atoms with Gasteiger partial charge >= 0.3 is 0 Å². The zero-order chi connectivity index (χ0) is 25.9. The monoisotopic (exact) mass is 484 g/mol. The summed E-state index contributed by atoms with van der Waals surface area (Å²) in [4.78, 5) is 17.6. The zero-order valence-electron chi connectivity index (χ0n) is 22.1. The number of rotatable bonds is 12. The van der Waals surface area contributed by atoms with Crippen molar-refractivity contribution in [3.05, 3.63) is 83.6 Å². The minimum absolute atomic E-state index is 0.343. The first-order valence-electron chi connectivity index (χ1n) is 13.0. The van der Waals surface area contributed by atoms with Crippen LogP contribution in [0.5, 0.6) is 0 Å². The average molecular weight is 485 g/mol. The van der Waals surface area contributed by atoms with Crippen LogP contribution in [0.4, 0.5) is 5.69 Å². The van der Waals surface area contributed by atoms with Gasteiger partial charge in [-0.3, -0.25) is 9.98 Å². The highest BCUT2D eigenvalue weighted by Crippen LogP contribution is 2.23. The molecule has 2 aromatic heterocycles. The minimum Gasteiger partial charge on any atom is -0.404 e. The van der Waals surface area contributed by atoms with Crippen LogP contribution in [0.15, 0.2) is 76.6 Å². The smallest absolute Gasteiger partial charge is 0.135 e. The summed E-state index contributed by atoms with van der Waals surface area (Å²) in [5.41, 5.74) is 19.8. The highest BCUT2D eigenvalue weighted by atomic mass is 14.9. The average Bonchev–Trinajstić information content (AvgIpc) is 3.39. The molecule has 0 saturated carbocycles. The van der Waals surface area contributed by atoms with E-state index in [1.165, 1.54) is 19.0 Å². The Hall–Kier alpha value is -3.67. The molecular formula is C30H40N6. The Labute approximate surface area is 215 Å². The molecule has 0 aliphatic rings. The van der Waals surface area contributed by atoms with Crippen molar-refractivity contribution in [2.75, 3.05) is 6.54 Å². The number of aryl methyl sites for hydroxylation is 2. The van der Waals surface area contributed by atoms with Crippen LogP contribution in [-0.4, -0.2) is 28.1 Å². The van der Waals surface area contributed by atoms with Gasteiger partial charge in [-0.25, -0.2) is 4.99 Å². The molecule has 6 nitrogen and oxygen atoms in total. The first-order chi connectivity index (χ1) is 17.5. The third-order valence-electron chi connectivity index (χ3n) is 6.71. The van der Waals surface area contributed by atoms with E-state index in [9.17, 15) is 0 Å². The van der Waals surface area contributed by atoms with Gasteiger partial charge in [0, 0.05) is 42.0 Å². The van der Waals surface area contributed by atoms with Crippen LogP contribution < -0.4 is 11.5 Å². The van der Waals surface area contributed by atoms with Crippen LogP contribution in [0, 0.1) is 12.8 Å². The number of para-hydroxylation sites is 1. The fourth-order valence-corrected chi connectivity index (χ4v) is 4.25. The molecule has 0 aliphatic heterocycles. The summed E-state index contributed by atoms with van der Waals surface area (Å²) in [7, 11) is 0. The first kappa shape index (κ1) is 26.9. The molecule has 0 radical (unpaired) electrons. The molecule has 5 N–H and O–H groups in total. The fraction of sp³-hybridized carbons (Fsp3) is 0.367. The van der Waals surface area contributed by atoms with Crippen molar-refractivity contribution in [2.45, 2.75) is 59.8 Å². The van der Waals surface area contributed by atoms with Gasteiger partial charge in [-0.1, -0.05) is 57.9 Å². The lowest BCUT2D eigenvalue weighted by molar-refractivity contribution is 0.444. The first-order valence-corrected chi connectivity index (χ1v) is 13.0. The maximum absolute atomic E-state index is 6.51. The summed E-state index contributed by atoms with van der Waals surface area (Å²) in [6, 6.07) is 14.1. The molecule has 0 fully saturated rings. The van der Waals surface area contributed by atoms with Crippen molar-refractivity contribution in [1.82, 2.24) is 9.97 Å². The Bertz CT molecular complexity index is 1200. The van der Waals surface area contributed by atoms with E-state index >= 15 is 0 Å². The topological polar surface area (TPSA) is 105 Å². The van der Waals surface area contributed by atoms with E-state index in [0.717, 1.165) is 64.7 Å². The Morgan fingerprint density at radius 2 is 1.86 bits per heavy atom. The van der Waals surface area contributed by atoms with Gasteiger partial charge in [0.1, 0.15) is 5.84 Å². The van der Waals surface area contributed by atoms with Gasteiger partial charge in [0.2, 0.25) is 0 Å². The van der Waals surface area contributed by atoms with Crippen molar-refractivity contribution in [3.63, 3.8) is 0 Å². The van der Waals surface area contributed by atoms with Gasteiger partial charge in [0.25, 0.3) is 0 Å². The van der Waals surface area contributed by atoms with E-state index in [4.69, 9.17) is 16.5 Å². The molecule has 0 amide bonds. The molecule has 190 valence electrons. The summed E-state index contributed by atoms with van der Waals surface area (Å²) in [6.45, 7) is 9.32. The maximum Gasteiger partial charge on any atom is 0.135 e. The summed E-state index contributed by atoms with van der Waals surface area (Å²) >= 11 is 0. The lowest BCUT2D eigenvalue weighted by Crippen LogP contribution is -2.24. The number of hydrogen-bond acceptors (Lipinski definition) is 4. The van der Waals surface area contributed by atoms with Crippen LogP contribution in [0.3, 0.4) is 0 Å². The Morgan fingerprint density at radius 3 is 2.50 bits per heavy atom. The van der Waals surface area contributed by atoms with E-state index in [1.54, 1.807) is 0 Å². The molecule has 0 aliphatic carbocycles. The number of nitrogens with zero attached hydrogens (tertiary/aromatic N) is 3. The Morgan fingerprint density at radius 1 is 1.08 bits per heavy atom. The molecule has 2 heterocycles. The maximum atomic E-state index is 6.51. The van der Waals surface area contributed by atoms with E-state index in [-0.39, 0.29) is 0 Å². The number of aliphatic imine (C=N–C) groups is 2. The van der Waals surface area contributed by atoms with Crippen LogP contribution in [0.25, 0.3) is 11.1 Å². The van der Waals surface area contributed by atoms with Gasteiger partial charge in [0.15, 0.2) is 0 Å². The van der Waals surface area contributed by atoms with E-state index in [2.05, 4.69) is 53.9 Å². The van der Waals surface area contributed by atoms with Gasteiger partial charge in [-0.15, -0.1) is 0 Å². The Kier molecular flexibility index (Phi) is 10.0. The van der Waals surface area contributed by atoms with Gasteiger partial charge < -0.3 is 16.5 Å². The summed E-state index contributed by atoms with van der Waals surface area (Å²) in [5, 5.41) is 0. The zero-order valence-corrected chi connectivity index (χ0v) is 22.1. The Balaban J connectivity index is 1.95. The second-order valence-corrected chi connectivity index (χ2v) is 9.11. The molecule has 6 heteroatoms. The molecule has 0 bridgehead atoms. The molecule has 0 unspecified atom stereocenters. The predicted molar refractivity (Wildman–Crippen MR) is 153 cm³/mol. The van der Waals surface area contributed by atoms with Crippen molar-refractivity contribution in [1.29, 1.82) is 0 Å². The summed E-state index contributed by atoms with van der Waals surface area (Å²) in [5.74, 6) is 1.08. The lowest BCUT2D eigenvalue weighted by Gasteiger charge is -2.12. The summed E-state index contributed by atoms with van der Waals surface area (Å²) < 4.78 is 0. The molecular weight excluding hydrogens is 444 g/mol. The molecule has 3 rings (SSSR count). The molecule has 36 heavy (non-hydrogen) atoms. The molecule has 0 spiro atoms. The number of aromatic nitrogens is 2. The van der Waals surface area contributed by atoms with E-state index < -0.39 is 0 Å². The molecule has 0 saturated heterocycles. The third kappa shape index (κ3) is 6.94. The number of aromatic amines is 1. The van der Waals surface area contributed by atoms with Crippen LogP contribution >= 0.6 is 0 Å². The predicted octanol–water partition coefficient (Wildman–Crippen LogP) is 6.48. The quantitative estimate of drug-likeness (QED) is 0.155. The summed E-state index contributed by atoms with van der Waals surface area (Å²) in [6.07, 6.45) is 10.9. The van der Waals surface area contributed by atoms with Crippen molar-refractivity contribution >= 4 is 17.2 Å². The van der Waals surface area contributed by atoms with Gasteiger partial charge in [-0.05, 0) is 55.9 Å². The van der Waals surface area contributed by atoms with Crippen molar-refractivity contribution < 1.29 is 0 Å². The number of nitrogens with one attached hydrogen (secondary N) is 1. The largest absolute Gasteiger partial charge is 0.404 e. The van der Waals surface area contributed by atoms with Crippen molar-refractivity contribution in [2.24, 2.45) is 27.4 Å². The lowest BCUT2D eigenvalue weighted by atomic mass is 9.98. The van der Waals surface area contributed by atoms with Crippen LogP contribution in [0.1, 0.15) is 63.4 Å². The SMILES string of the molecule is CCc1ccc(-c2c[nH]c(C(=NCCCC(CC)CC)C(=CN)C(N)=Nc3ccccc3C)c2)cn1. The standard InChI is InChI=1S/C30H40N6/c1-5-22(6-2)12-10-16-33-29(26(18-31)30(32)36-27-13-9-8-11-21(27)4)28-17-24(20-35-28)23-14-15-25(7-3)34-19-23/h8-9,11,13-15,17-20,22,35H,5-7,10,12,16,31H2,1-4H3,(H2,32,36). The third-order valence-corrected chi connectivity index (χ3v) is 6.71. The number of H-pyrrole nitrogens is 1. The van der Waals surface area contributed by atoms with Gasteiger partial charge in [0.05, 0.1) is 22.7 Å².